The summed E-state index contributed by atoms with van der Waals surface area (Å²) in [6.45, 7) is 0. The van der Waals surface area contributed by atoms with Gasteiger partial charge < -0.3 is 5.73 Å². The Morgan fingerprint density at radius 2 is 2.23 bits per heavy atom. The molecule has 1 aliphatic carbocycles. The molecule has 13 heavy (non-hydrogen) atoms. The molecule has 0 spiro atoms. The number of primary amides is 1. The van der Waals surface area contributed by atoms with Crippen LogP contribution in [0.5, 0.6) is 0 Å². The maximum Gasteiger partial charge on any atom is 0.220 e. The molecule has 0 bridgehead atoms. The van der Waals surface area contributed by atoms with E-state index < -0.39 is 0 Å². The normalized spacial score (nSPS) is 26.5. The minimum Gasteiger partial charge on any atom is -0.369 e. The number of amides is 1. The second-order valence-corrected chi connectivity index (χ2v) is 3.52. The fourth-order valence-electron chi connectivity index (χ4n) is 1.71. The molecule has 0 aliphatic heterocycles. The van der Waals surface area contributed by atoms with E-state index in [2.05, 4.69) is 4.98 Å². The number of hydrogen-bond acceptors (Lipinski definition) is 2. The Morgan fingerprint density at radius 1 is 1.46 bits per heavy atom. The van der Waals surface area contributed by atoms with Crippen LogP contribution < -0.4 is 5.73 Å². The van der Waals surface area contributed by atoms with E-state index in [1.165, 1.54) is 0 Å². The maximum atomic E-state index is 10.8. The third-order valence-electron chi connectivity index (χ3n) is 2.65. The first-order valence-electron chi connectivity index (χ1n) is 4.47. The van der Waals surface area contributed by atoms with Crippen molar-refractivity contribution in [3.05, 3.63) is 30.1 Å². The van der Waals surface area contributed by atoms with Crippen LogP contribution in [0.25, 0.3) is 0 Å². The first-order valence-corrected chi connectivity index (χ1v) is 4.47. The van der Waals surface area contributed by atoms with E-state index in [-0.39, 0.29) is 11.8 Å². The molecule has 0 unspecified atom stereocenters. The number of nitrogens with zero attached hydrogens (tertiary/aromatic N) is 1. The molecular weight excluding hydrogens is 164 g/mol. The number of hydrogen-bond donors (Lipinski definition) is 1. The zero-order valence-electron chi connectivity index (χ0n) is 7.31. The summed E-state index contributed by atoms with van der Waals surface area (Å²) in [5.74, 6) is 0.345. The molecular formula is C10H12N2O. The van der Waals surface area contributed by atoms with Crippen LogP contribution in [0.15, 0.2) is 24.4 Å². The minimum atomic E-state index is -0.174. The van der Waals surface area contributed by atoms with Gasteiger partial charge in [-0.25, -0.2) is 0 Å². The fourth-order valence-corrected chi connectivity index (χ4v) is 1.71. The highest BCUT2D eigenvalue weighted by Gasteiger charge is 2.34. The van der Waals surface area contributed by atoms with Gasteiger partial charge in [0, 0.05) is 23.7 Å². The van der Waals surface area contributed by atoms with Gasteiger partial charge in [0.2, 0.25) is 5.91 Å². The lowest BCUT2D eigenvalue weighted by atomic mass is 9.73. The third-order valence-corrected chi connectivity index (χ3v) is 2.65. The first-order chi connectivity index (χ1) is 6.27. The maximum absolute atomic E-state index is 10.8. The summed E-state index contributed by atoms with van der Waals surface area (Å²) in [5.41, 5.74) is 6.26. The quantitative estimate of drug-likeness (QED) is 0.732. The number of rotatable bonds is 2. The predicted octanol–water partition coefficient (Wildman–Crippen LogP) is 1.06. The van der Waals surface area contributed by atoms with Crippen molar-refractivity contribution in [2.75, 3.05) is 0 Å². The average molecular weight is 176 g/mol. The Labute approximate surface area is 77.0 Å². The summed E-state index contributed by atoms with van der Waals surface area (Å²) >= 11 is 0. The summed E-state index contributed by atoms with van der Waals surface area (Å²) in [4.78, 5) is 15.0. The van der Waals surface area contributed by atoms with Crippen LogP contribution in [0.3, 0.4) is 0 Å². The molecule has 0 aromatic carbocycles. The Kier molecular flexibility index (Phi) is 2.00. The number of carbonyl (C=O) groups is 1. The second kappa shape index (κ2) is 3.17. The topological polar surface area (TPSA) is 56.0 Å². The molecule has 68 valence electrons. The lowest BCUT2D eigenvalue weighted by Crippen LogP contribution is -2.34. The van der Waals surface area contributed by atoms with Gasteiger partial charge in [0.25, 0.3) is 0 Å². The van der Waals surface area contributed by atoms with Crippen LogP contribution in [0, 0.1) is 5.92 Å². The van der Waals surface area contributed by atoms with Gasteiger partial charge in [0.05, 0.1) is 0 Å². The minimum absolute atomic E-state index is 0.0759. The lowest BCUT2D eigenvalue weighted by Gasteiger charge is -2.32. The van der Waals surface area contributed by atoms with Gasteiger partial charge in [-0.05, 0) is 25.0 Å². The average Bonchev–Trinajstić information content (AvgIpc) is 2.02. The van der Waals surface area contributed by atoms with Crippen molar-refractivity contribution in [2.45, 2.75) is 18.8 Å². The summed E-state index contributed by atoms with van der Waals surface area (Å²) in [5, 5.41) is 0. The summed E-state index contributed by atoms with van der Waals surface area (Å²) < 4.78 is 0. The van der Waals surface area contributed by atoms with Crippen molar-refractivity contribution in [3.8, 4) is 0 Å². The highest BCUT2D eigenvalue weighted by molar-refractivity contribution is 5.77. The highest BCUT2D eigenvalue weighted by atomic mass is 16.1. The van der Waals surface area contributed by atoms with Gasteiger partial charge >= 0.3 is 0 Å². The number of pyridine rings is 1. The third kappa shape index (κ3) is 1.54. The van der Waals surface area contributed by atoms with Crippen molar-refractivity contribution in [3.63, 3.8) is 0 Å². The molecule has 0 radical (unpaired) electrons. The number of aromatic nitrogens is 1. The van der Waals surface area contributed by atoms with Crippen LogP contribution in [-0.2, 0) is 4.79 Å². The standard InChI is InChI=1S/C10H12N2O/c11-10(13)8-5-7(6-8)9-3-1-2-4-12-9/h1-4,7-8H,5-6H2,(H2,11,13). The Bertz CT molecular complexity index is 304. The van der Waals surface area contributed by atoms with Crippen molar-refractivity contribution < 1.29 is 4.79 Å². The largest absolute Gasteiger partial charge is 0.369 e. The van der Waals surface area contributed by atoms with Crippen LogP contribution >= 0.6 is 0 Å². The molecule has 3 heteroatoms. The summed E-state index contributed by atoms with van der Waals surface area (Å²) in [6, 6.07) is 5.87. The van der Waals surface area contributed by atoms with Crippen molar-refractivity contribution in [2.24, 2.45) is 11.7 Å². The Balaban J connectivity index is 1.98. The van der Waals surface area contributed by atoms with E-state index in [0.29, 0.717) is 5.92 Å². The molecule has 0 saturated heterocycles. The monoisotopic (exact) mass is 176 g/mol. The van der Waals surface area contributed by atoms with E-state index >= 15 is 0 Å². The molecule has 1 aliphatic rings. The summed E-state index contributed by atoms with van der Waals surface area (Å²) in [6.07, 6.45) is 3.52. The number of nitrogens with two attached hydrogens (primary N) is 1. The van der Waals surface area contributed by atoms with E-state index in [1.807, 2.05) is 18.2 Å². The molecule has 0 atom stereocenters. The van der Waals surface area contributed by atoms with Crippen LogP contribution in [0.1, 0.15) is 24.5 Å². The zero-order chi connectivity index (χ0) is 9.26. The molecule has 1 amide bonds. The second-order valence-electron chi connectivity index (χ2n) is 3.52. The number of carbonyl (C=O) groups excluding carboxylic acids is 1. The SMILES string of the molecule is NC(=O)C1CC(c2ccccn2)C1. The predicted molar refractivity (Wildman–Crippen MR) is 48.9 cm³/mol. The molecule has 1 aromatic rings. The molecule has 1 heterocycles. The van der Waals surface area contributed by atoms with E-state index in [0.717, 1.165) is 18.5 Å². The van der Waals surface area contributed by atoms with Gasteiger partial charge in [-0.15, -0.1) is 0 Å². The van der Waals surface area contributed by atoms with Crippen molar-refractivity contribution >= 4 is 5.91 Å². The molecule has 1 saturated carbocycles. The molecule has 2 rings (SSSR count). The fraction of sp³-hybridized carbons (Fsp3) is 0.400. The van der Waals surface area contributed by atoms with E-state index in [1.54, 1.807) is 6.20 Å². The molecule has 1 fully saturated rings. The molecule has 2 N–H and O–H groups in total. The summed E-state index contributed by atoms with van der Waals surface area (Å²) in [7, 11) is 0. The van der Waals surface area contributed by atoms with Gasteiger partial charge in [0.15, 0.2) is 0 Å². The van der Waals surface area contributed by atoms with Gasteiger partial charge in [-0.2, -0.15) is 0 Å². The van der Waals surface area contributed by atoms with Gasteiger partial charge in [0.1, 0.15) is 0 Å². The van der Waals surface area contributed by atoms with Gasteiger partial charge in [-0.1, -0.05) is 6.07 Å². The van der Waals surface area contributed by atoms with Crippen molar-refractivity contribution in [1.82, 2.24) is 4.98 Å². The van der Waals surface area contributed by atoms with E-state index in [4.69, 9.17) is 5.73 Å². The highest BCUT2D eigenvalue weighted by Crippen LogP contribution is 2.40. The van der Waals surface area contributed by atoms with Crippen LogP contribution in [-0.4, -0.2) is 10.9 Å². The Hall–Kier alpha value is -1.38. The molecule has 3 nitrogen and oxygen atoms in total. The zero-order valence-corrected chi connectivity index (χ0v) is 7.31. The van der Waals surface area contributed by atoms with Crippen molar-refractivity contribution in [1.29, 1.82) is 0 Å². The molecule has 1 aromatic heterocycles. The van der Waals surface area contributed by atoms with E-state index in [9.17, 15) is 4.79 Å². The van der Waals surface area contributed by atoms with Crippen LogP contribution in [0.4, 0.5) is 0 Å². The lowest BCUT2D eigenvalue weighted by molar-refractivity contribution is -0.124. The van der Waals surface area contributed by atoms with Crippen LogP contribution in [0.2, 0.25) is 0 Å². The smallest absolute Gasteiger partial charge is 0.220 e. The van der Waals surface area contributed by atoms with Gasteiger partial charge in [-0.3, -0.25) is 9.78 Å². The first kappa shape index (κ1) is 8.23. The Morgan fingerprint density at radius 3 is 2.77 bits per heavy atom.